The highest BCUT2D eigenvalue weighted by molar-refractivity contribution is 7.79. The lowest BCUT2D eigenvalue weighted by Gasteiger charge is -1.95. The Labute approximate surface area is 74.8 Å². The molecule has 1 heterocycles. The largest absolute Gasteiger partial charge is 0.465 e. The van der Waals surface area contributed by atoms with Gasteiger partial charge in [0.25, 0.3) is 0 Å². The fraction of sp³-hybridized carbons (Fsp3) is 0.200. The smallest absolute Gasteiger partial charge is 0.341 e. The minimum absolute atomic E-state index is 0.0448. The zero-order valence-corrected chi connectivity index (χ0v) is 7.65. The van der Waals surface area contributed by atoms with Crippen molar-refractivity contribution in [3.05, 3.63) is 10.9 Å². The molecule has 0 spiro atoms. The minimum Gasteiger partial charge on any atom is -0.465 e. The van der Waals surface area contributed by atoms with E-state index in [2.05, 4.69) is 9.11 Å². The van der Waals surface area contributed by atoms with Gasteiger partial charge < -0.3 is 9.29 Å². The van der Waals surface area contributed by atoms with Gasteiger partial charge in [-0.15, -0.1) is 0 Å². The van der Waals surface area contributed by atoms with Crippen LogP contribution < -0.4 is 0 Å². The maximum absolute atomic E-state index is 10.9. The van der Waals surface area contributed by atoms with Crippen molar-refractivity contribution in [3.8, 4) is 0 Å². The average Bonchev–Trinajstić information content (AvgIpc) is 2.50. The van der Waals surface area contributed by atoms with Crippen LogP contribution in [0, 0.1) is 0 Å². The predicted molar refractivity (Wildman–Crippen MR) is 42.5 cm³/mol. The SMILES string of the molecule is COC(=O)c1csnc1S(=O)O. The van der Waals surface area contributed by atoms with Crippen molar-refractivity contribution in [1.82, 2.24) is 4.37 Å². The second kappa shape index (κ2) is 3.74. The number of nitrogens with zero attached hydrogens (tertiary/aromatic N) is 1. The minimum atomic E-state index is -2.23. The first-order chi connectivity index (χ1) is 5.66. The molecule has 1 aromatic rings. The monoisotopic (exact) mass is 207 g/mol. The van der Waals surface area contributed by atoms with E-state index >= 15 is 0 Å². The van der Waals surface area contributed by atoms with Crippen LogP contribution in [-0.2, 0) is 15.8 Å². The molecule has 0 saturated carbocycles. The van der Waals surface area contributed by atoms with Gasteiger partial charge >= 0.3 is 5.97 Å². The number of rotatable bonds is 2. The average molecular weight is 207 g/mol. The van der Waals surface area contributed by atoms with Gasteiger partial charge in [-0.3, -0.25) is 0 Å². The summed E-state index contributed by atoms with van der Waals surface area (Å²) in [6.45, 7) is 0. The van der Waals surface area contributed by atoms with E-state index in [-0.39, 0.29) is 10.6 Å². The molecule has 5 nitrogen and oxygen atoms in total. The summed E-state index contributed by atoms with van der Waals surface area (Å²) in [5.74, 6) is -0.652. The van der Waals surface area contributed by atoms with E-state index in [1.54, 1.807) is 0 Å². The molecule has 12 heavy (non-hydrogen) atoms. The standard InChI is InChI=1S/C5H5NO4S2/c1-10-5(7)3-2-11-6-4(3)12(8)9/h2H,1H3,(H,8,9). The molecule has 0 amide bonds. The summed E-state index contributed by atoms with van der Waals surface area (Å²) in [6, 6.07) is 0. The van der Waals surface area contributed by atoms with Crippen LogP contribution in [0.25, 0.3) is 0 Å². The first kappa shape index (κ1) is 9.30. The normalized spacial score (nSPS) is 12.5. The number of hydrogen-bond donors (Lipinski definition) is 1. The Hall–Kier alpha value is -0.790. The molecule has 0 aliphatic heterocycles. The van der Waals surface area contributed by atoms with E-state index in [0.29, 0.717) is 0 Å². The summed E-state index contributed by atoms with van der Waals surface area (Å²) in [6.07, 6.45) is 0. The van der Waals surface area contributed by atoms with Crippen molar-refractivity contribution < 1.29 is 18.3 Å². The Morgan fingerprint density at radius 3 is 3.00 bits per heavy atom. The van der Waals surface area contributed by atoms with E-state index in [9.17, 15) is 9.00 Å². The van der Waals surface area contributed by atoms with Crippen LogP contribution in [0.5, 0.6) is 0 Å². The lowest BCUT2D eigenvalue weighted by atomic mass is 10.4. The lowest BCUT2D eigenvalue weighted by molar-refractivity contribution is 0.0596. The third kappa shape index (κ3) is 1.68. The third-order valence-electron chi connectivity index (χ3n) is 1.11. The Balaban J connectivity index is 3.07. The summed E-state index contributed by atoms with van der Waals surface area (Å²) in [5.41, 5.74) is 0.0448. The summed E-state index contributed by atoms with van der Waals surface area (Å²) < 4.78 is 27.1. The molecular formula is C5H5NO4S2. The molecule has 0 radical (unpaired) electrons. The Morgan fingerprint density at radius 2 is 2.50 bits per heavy atom. The van der Waals surface area contributed by atoms with Crippen molar-refractivity contribution in [2.45, 2.75) is 5.03 Å². The van der Waals surface area contributed by atoms with Crippen LogP contribution in [0.4, 0.5) is 0 Å². The van der Waals surface area contributed by atoms with Gasteiger partial charge in [0, 0.05) is 5.38 Å². The highest BCUT2D eigenvalue weighted by atomic mass is 32.2. The molecule has 1 N–H and O–H groups in total. The molecule has 0 aliphatic carbocycles. The van der Waals surface area contributed by atoms with Gasteiger partial charge in [0.1, 0.15) is 5.56 Å². The zero-order chi connectivity index (χ0) is 9.14. The van der Waals surface area contributed by atoms with Gasteiger partial charge in [0.2, 0.25) is 11.1 Å². The fourth-order valence-electron chi connectivity index (χ4n) is 0.598. The maximum atomic E-state index is 10.9. The van der Waals surface area contributed by atoms with Gasteiger partial charge in [-0.2, -0.15) is 4.37 Å². The molecule has 1 rings (SSSR count). The van der Waals surface area contributed by atoms with Gasteiger partial charge in [0.05, 0.1) is 7.11 Å². The molecule has 7 heteroatoms. The number of ether oxygens (including phenoxy) is 1. The molecule has 0 aliphatic rings. The van der Waals surface area contributed by atoms with Gasteiger partial charge in [-0.1, -0.05) is 0 Å². The number of carbonyl (C=O) groups is 1. The van der Waals surface area contributed by atoms with Crippen molar-refractivity contribution in [2.24, 2.45) is 0 Å². The van der Waals surface area contributed by atoms with Gasteiger partial charge in [0.15, 0.2) is 5.03 Å². The fourth-order valence-corrected chi connectivity index (χ4v) is 1.95. The summed E-state index contributed by atoms with van der Waals surface area (Å²) in [5, 5.41) is 1.22. The van der Waals surface area contributed by atoms with Crippen molar-refractivity contribution in [1.29, 1.82) is 0 Å². The van der Waals surface area contributed by atoms with E-state index in [4.69, 9.17) is 4.55 Å². The second-order valence-corrected chi connectivity index (χ2v) is 3.29. The molecule has 1 unspecified atom stereocenters. The quantitative estimate of drug-likeness (QED) is 0.564. The number of carbonyl (C=O) groups excluding carboxylic acids is 1. The molecule has 1 aromatic heterocycles. The van der Waals surface area contributed by atoms with Crippen molar-refractivity contribution in [2.75, 3.05) is 7.11 Å². The number of hydrogen-bond acceptors (Lipinski definition) is 5. The molecule has 0 bridgehead atoms. The lowest BCUT2D eigenvalue weighted by Crippen LogP contribution is -2.04. The van der Waals surface area contributed by atoms with E-state index in [1.807, 2.05) is 0 Å². The molecule has 0 aromatic carbocycles. The number of methoxy groups -OCH3 is 1. The Morgan fingerprint density at radius 1 is 1.83 bits per heavy atom. The first-order valence-corrected chi connectivity index (χ1v) is 4.74. The molecular weight excluding hydrogens is 202 g/mol. The second-order valence-electron chi connectivity index (χ2n) is 1.77. The van der Waals surface area contributed by atoms with Crippen LogP contribution in [0.3, 0.4) is 0 Å². The van der Waals surface area contributed by atoms with E-state index in [0.717, 1.165) is 11.5 Å². The Bertz CT molecular complexity index is 321. The zero-order valence-electron chi connectivity index (χ0n) is 6.01. The molecule has 0 saturated heterocycles. The number of aromatic nitrogens is 1. The summed E-state index contributed by atoms with van der Waals surface area (Å²) >= 11 is -1.30. The van der Waals surface area contributed by atoms with Crippen LogP contribution in [-0.4, -0.2) is 26.2 Å². The van der Waals surface area contributed by atoms with E-state index < -0.39 is 17.0 Å². The van der Waals surface area contributed by atoms with Crippen LogP contribution in [0.1, 0.15) is 10.4 Å². The van der Waals surface area contributed by atoms with Crippen LogP contribution in [0.15, 0.2) is 10.4 Å². The summed E-state index contributed by atoms with van der Waals surface area (Å²) in [4.78, 5) is 10.9. The Kier molecular flexibility index (Phi) is 2.90. The topological polar surface area (TPSA) is 76.5 Å². The number of esters is 1. The predicted octanol–water partition coefficient (Wildman–Crippen LogP) is 0.510. The van der Waals surface area contributed by atoms with Crippen molar-refractivity contribution in [3.63, 3.8) is 0 Å². The third-order valence-corrected chi connectivity index (χ3v) is 2.49. The highest BCUT2D eigenvalue weighted by Gasteiger charge is 2.18. The van der Waals surface area contributed by atoms with Crippen LogP contribution >= 0.6 is 11.5 Å². The first-order valence-electron chi connectivity index (χ1n) is 2.80. The van der Waals surface area contributed by atoms with Crippen LogP contribution in [0.2, 0.25) is 0 Å². The molecule has 1 atom stereocenters. The van der Waals surface area contributed by atoms with E-state index in [1.165, 1.54) is 12.5 Å². The highest BCUT2D eigenvalue weighted by Crippen LogP contribution is 2.14. The maximum Gasteiger partial charge on any atom is 0.341 e. The van der Waals surface area contributed by atoms with Gasteiger partial charge in [-0.25, -0.2) is 9.00 Å². The summed E-state index contributed by atoms with van der Waals surface area (Å²) in [7, 11) is 1.20. The van der Waals surface area contributed by atoms with Gasteiger partial charge in [-0.05, 0) is 11.5 Å². The van der Waals surface area contributed by atoms with Crippen molar-refractivity contribution >= 4 is 28.6 Å². The molecule has 66 valence electrons. The molecule has 0 fully saturated rings.